The van der Waals surface area contributed by atoms with Crippen LogP contribution in [0.5, 0.6) is 23.0 Å². The Morgan fingerprint density at radius 3 is 1.38 bits per heavy atom. The van der Waals surface area contributed by atoms with Gasteiger partial charge in [0.25, 0.3) is 0 Å². The van der Waals surface area contributed by atoms with E-state index in [0.29, 0.717) is 24.3 Å². The van der Waals surface area contributed by atoms with Crippen molar-refractivity contribution in [1.29, 1.82) is 0 Å². The van der Waals surface area contributed by atoms with Crippen LogP contribution < -0.4 is 18.9 Å². The standard InChI is InChI=1S/C61H66O10/c1-5-8-12-20-44-26-30-48(31-27-44)50-34-36-52(66-42-46-22-14-10-15-23-46)54(40-50)68-59(63)57-58(71-61(4,70-57)38-18-19-39-65-56(62)7-3)60(64)69-55-41-51(49-32-28-45(29-33-49)21-13-9-6-2)35-37-53(55)67-43-47-24-16-11-17-25-47/h7,10-11,14-17,22-37,40-41,57-58H,3,5-6,8-9,12-13,18-21,38-39,42-43H2,1-2,4H3. The quantitative estimate of drug-likeness (QED) is 0.0225. The third-order valence-corrected chi connectivity index (χ3v) is 12.4. The zero-order valence-electron chi connectivity index (χ0n) is 41.3. The van der Waals surface area contributed by atoms with Crippen molar-refractivity contribution in [1.82, 2.24) is 0 Å². The minimum atomic E-state index is -1.56. The van der Waals surface area contributed by atoms with E-state index in [4.69, 9.17) is 33.2 Å². The summed E-state index contributed by atoms with van der Waals surface area (Å²) in [6.07, 6.45) is 8.07. The van der Waals surface area contributed by atoms with Gasteiger partial charge in [-0.3, -0.25) is 0 Å². The SMILES string of the molecule is C=CC(=O)OCCCCC1(C)OC(C(=O)Oc2cc(-c3ccc(CCCCC)cc3)ccc2OCc2ccccc2)C(C(=O)Oc2cc(-c3ccc(CCCCC)cc3)ccc2OCc2ccccc2)O1. The summed E-state index contributed by atoms with van der Waals surface area (Å²) in [5.41, 5.74) is 7.82. The topological polar surface area (TPSA) is 116 Å². The molecular weight excluding hydrogens is 893 g/mol. The second-order valence-corrected chi connectivity index (χ2v) is 18.1. The first-order valence-electron chi connectivity index (χ1n) is 25.0. The summed E-state index contributed by atoms with van der Waals surface area (Å²) in [4.78, 5) is 41.1. The molecule has 1 saturated heterocycles. The molecule has 71 heavy (non-hydrogen) atoms. The molecule has 6 aromatic carbocycles. The molecule has 10 heteroatoms. The van der Waals surface area contributed by atoms with Crippen molar-refractivity contribution in [2.24, 2.45) is 0 Å². The van der Waals surface area contributed by atoms with Gasteiger partial charge in [-0.25, -0.2) is 14.4 Å². The highest BCUT2D eigenvalue weighted by Gasteiger charge is 2.53. The van der Waals surface area contributed by atoms with Crippen LogP contribution in [-0.2, 0) is 54.6 Å². The molecule has 0 radical (unpaired) electrons. The maximum Gasteiger partial charge on any atom is 0.344 e. The van der Waals surface area contributed by atoms with E-state index in [-0.39, 0.29) is 37.7 Å². The Balaban J connectivity index is 1.18. The molecule has 1 aliphatic rings. The normalized spacial score (nSPS) is 16.2. The van der Waals surface area contributed by atoms with Gasteiger partial charge in [-0.15, -0.1) is 0 Å². The van der Waals surface area contributed by atoms with Gasteiger partial charge in [-0.2, -0.15) is 0 Å². The molecule has 0 saturated carbocycles. The van der Waals surface area contributed by atoms with Gasteiger partial charge in [0.2, 0.25) is 0 Å². The average molecular weight is 959 g/mol. The van der Waals surface area contributed by atoms with E-state index < -0.39 is 35.9 Å². The van der Waals surface area contributed by atoms with Crippen LogP contribution in [0.2, 0.25) is 0 Å². The third-order valence-electron chi connectivity index (χ3n) is 12.4. The summed E-state index contributed by atoms with van der Waals surface area (Å²) in [7, 11) is 0. The maximum atomic E-state index is 14.7. The molecule has 6 aromatic rings. The number of unbranched alkanes of at least 4 members (excludes halogenated alkanes) is 5. The number of carbonyl (C=O) groups is 3. The molecular formula is C61H66O10. The van der Waals surface area contributed by atoms with Crippen LogP contribution in [0, 0.1) is 0 Å². The lowest BCUT2D eigenvalue weighted by molar-refractivity contribution is -0.180. The van der Waals surface area contributed by atoms with Crippen LogP contribution in [0.3, 0.4) is 0 Å². The first-order valence-corrected chi connectivity index (χ1v) is 25.0. The minimum Gasteiger partial charge on any atom is -0.485 e. The Bertz CT molecular complexity index is 2480. The fourth-order valence-corrected chi connectivity index (χ4v) is 8.39. The molecule has 7 rings (SSSR count). The fourth-order valence-electron chi connectivity index (χ4n) is 8.39. The van der Waals surface area contributed by atoms with Gasteiger partial charge in [0, 0.05) is 12.5 Å². The van der Waals surface area contributed by atoms with E-state index in [1.54, 1.807) is 31.2 Å². The molecule has 10 nitrogen and oxygen atoms in total. The van der Waals surface area contributed by atoms with Crippen LogP contribution in [-0.4, -0.2) is 42.5 Å². The molecule has 0 N–H and O–H groups in total. The Morgan fingerprint density at radius 1 is 0.521 bits per heavy atom. The van der Waals surface area contributed by atoms with Gasteiger partial charge in [0.05, 0.1) is 6.61 Å². The molecule has 0 bridgehead atoms. The zero-order valence-corrected chi connectivity index (χ0v) is 41.3. The van der Waals surface area contributed by atoms with Crippen molar-refractivity contribution in [3.8, 4) is 45.3 Å². The molecule has 0 amide bonds. The highest BCUT2D eigenvalue weighted by atomic mass is 16.8. The summed E-state index contributed by atoms with van der Waals surface area (Å²) in [6.45, 7) is 10.1. The summed E-state index contributed by atoms with van der Waals surface area (Å²) in [5.74, 6) is -2.79. The monoisotopic (exact) mass is 958 g/mol. The van der Waals surface area contributed by atoms with Crippen LogP contribution in [0.1, 0.15) is 101 Å². The van der Waals surface area contributed by atoms with E-state index in [9.17, 15) is 14.4 Å². The van der Waals surface area contributed by atoms with Gasteiger partial charge in [0.1, 0.15) is 13.2 Å². The van der Waals surface area contributed by atoms with Gasteiger partial charge in [-0.05, 0) is 114 Å². The van der Waals surface area contributed by atoms with Crippen molar-refractivity contribution < 1.29 is 47.5 Å². The highest BCUT2D eigenvalue weighted by Crippen LogP contribution is 2.40. The minimum absolute atomic E-state index is 0.143. The van der Waals surface area contributed by atoms with Gasteiger partial charge >= 0.3 is 17.9 Å². The molecule has 1 fully saturated rings. The van der Waals surface area contributed by atoms with E-state index in [1.165, 1.54) is 24.0 Å². The lowest BCUT2D eigenvalue weighted by atomic mass is 10.0. The zero-order chi connectivity index (χ0) is 49.8. The smallest absolute Gasteiger partial charge is 0.344 e. The predicted octanol–water partition coefficient (Wildman–Crippen LogP) is 13.6. The Morgan fingerprint density at radius 2 is 0.958 bits per heavy atom. The van der Waals surface area contributed by atoms with Crippen LogP contribution in [0.25, 0.3) is 22.3 Å². The van der Waals surface area contributed by atoms with E-state index in [1.807, 2.05) is 72.8 Å². The molecule has 0 aromatic heterocycles. The average Bonchev–Trinajstić information content (AvgIpc) is 3.76. The van der Waals surface area contributed by atoms with Crippen molar-refractivity contribution in [3.05, 3.63) is 181 Å². The first-order chi connectivity index (χ1) is 34.6. The number of benzene rings is 6. The molecule has 2 atom stereocenters. The molecule has 1 aliphatic heterocycles. The van der Waals surface area contributed by atoms with Crippen molar-refractivity contribution in [3.63, 3.8) is 0 Å². The summed E-state index contributed by atoms with van der Waals surface area (Å²) < 4.78 is 43.1. The Kier molecular flexibility index (Phi) is 19.2. The third kappa shape index (κ3) is 15.2. The molecule has 2 unspecified atom stereocenters. The van der Waals surface area contributed by atoms with E-state index in [2.05, 4.69) is 69.0 Å². The summed E-state index contributed by atoms with van der Waals surface area (Å²) >= 11 is 0. The summed E-state index contributed by atoms with van der Waals surface area (Å²) in [6, 6.07) is 47.1. The molecule has 0 spiro atoms. The fraction of sp³-hybridized carbons (Fsp3) is 0.328. The molecule has 1 heterocycles. The van der Waals surface area contributed by atoms with Gasteiger partial charge in [0.15, 0.2) is 41.0 Å². The highest BCUT2D eigenvalue weighted by molar-refractivity contribution is 5.89. The lowest BCUT2D eigenvalue weighted by Crippen LogP contribution is -2.41. The number of rotatable bonds is 26. The van der Waals surface area contributed by atoms with Crippen molar-refractivity contribution in [2.75, 3.05) is 6.61 Å². The van der Waals surface area contributed by atoms with Crippen molar-refractivity contribution in [2.45, 2.75) is 123 Å². The Labute approximate surface area is 418 Å². The van der Waals surface area contributed by atoms with E-state index >= 15 is 0 Å². The first kappa shape index (κ1) is 51.8. The number of esters is 3. The van der Waals surface area contributed by atoms with Gasteiger partial charge < -0.3 is 33.2 Å². The van der Waals surface area contributed by atoms with Gasteiger partial charge in [-0.1, -0.05) is 167 Å². The largest absolute Gasteiger partial charge is 0.485 e. The van der Waals surface area contributed by atoms with E-state index in [0.717, 1.165) is 78.0 Å². The number of ether oxygens (including phenoxy) is 7. The second kappa shape index (κ2) is 26.3. The lowest BCUT2D eigenvalue weighted by Gasteiger charge is -2.23. The van der Waals surface area contributed by atoms with Crippen molar-refractivity contribution >= 4 is 17.9 Å². The number of hydrogen-bond acceptors (Lipinski definition) is 10. The Hall–Kier alpha value is -7.01. The molecule has 370 valence electrons. The predicted molar refractivity (Wildman–Crippen MR) is 276 cm³/mol. The van der Waals surface area contributed by atoms with Crippen LogP contribution in [0.4, 0.5) is 0 Å². The second-order valence-electron chi connectivity index (χ2n) is 18.1. The number of hydrogen-bond donors (Lipinski definition) is 0. The van der Waals surface area contributed by atoms with Crippen LogP contribution in [0.15, 0.2) is 158 Å². The number of aryl methyl sites for hydroxylation is 2. The maximum absolute atomic E-state index is 14.7. The number of carbonyl (C=O) groups excluding carboxylic acids is 3. The molecule has 0 aliphatic carbocycles. The van der Waals surface area contributed by atoms with Crippen LogP contribution >= 0.6 is 0 Å². The summed E-state index contributed by atoms with van der Waals surface area (Å²) in [5, 5.41) is 0.